The Morgan fingerprint density at radius 2 is 2.41 bits per heavy atom. The molecular formula is C13H16N2OS. The van der Waals surface area contributed by atoms with Gasteiger partial charge in [0.2, 0.25) is 0 Å². The maximum atomic E-state index is 5.47. The molecule has 1 aliphatic rings. The van der Waals surface area contributed by atoms with E-state index in [-0.39, 0.29) is 0 Å². The summed E-state index contributed by atoms with van der Waals surface area (Å²) in [6.07, 6.45) is 2.32. The van der Waals surface area contributed by atoms with Crippen LogP contribution in [0.4, 0.5) is 5.13 Å². The van der Waals surface area contributed by atoms with Crippen molar-refractivity contribution in [3.05, 3.63) is 23.8 Å². The number of thiazole rings is 1. The highest BCUT2D eigenvalue weighted by atomic mass is 32.1. The fraction of sp³-hybridized carbons (Fsp3) is 0.462. The number of nitrogens with one attached hydrogen (secondary N) is 1. The summed E-state index contributed by atoms with van der Waals surface area (Å²) in [5.41, 5.74) is 2.36. The van der Waals surface area contributed by atoms with Gasteiger partial charge in [-0.3, -0.25) is 0 Å². The molecule has 0 aliphatic carbocycles. The molecule has 1 aromatic carbocycles. The second kappa shape index (κ2) is 4.63. The predicted molar refractivity (Wildman–Crippen MR) is 71.8 cm³/mol. The molecule has 1 aromatic heterocycles. The van der Waals surface area contributed by atoms with Crippen molar-refractivity contribution in [1.82, 2.24) is 4.98 Å². The smallest absolute Gasteiger partial charge is 0.184 e. The third-order valence-electron chi connectivity index (χ3n) is 3.11. The lowest BCUT2D eigenvalue weighted by atomic mass is 10.1. The molecule has 2 aromatic rings. The standard InChI is InChI=1S/C13H16N2OS/c1-9-4-2-6-11-12(9)15-13(17-11)14-10-5-3-7-16-8-10/h2,4,6,10H,3,5,7-8H2,1H3,(H,14,15). The second-order valence-corrected chi connectivity index (χ2v) is 5.53. The van der Waals surface area contributed by atoms with E-state index in [1.54, 1.807) is 11.3 Å². The number of aryl methyl sites for hydroxylation is 1. The summed E-state index contributed by atoms with van der Waals surface area (Å²) in [4.78, 5) is 4.66. The Bertz CT molecular complexity index is 517. The van der Waals surface area contributed by atoms with Crippen LogP contribution >= 0.6 is 11.3 Å². The fourth-order valence-corrected chi connectivity index (χ4v) is 3.20. The molecule has 90 valence electrons. The van der Waals surface area contributed by atoms with Gasteiger partial charge < -0.3 is 10.1 Å². The molecule has 0 radical (unpaired) electrons. The van der Waals surface area contributed by atoms with Crippen LogP contribution in [0.2, 0.25) is 0 Å². The first-order valence-electron chi connectivity index (χ1n) is 6.03. The van der Waals surface area contributed by atoms with Crippen LogP contribution in [0.25, 0.3) is 10.2 Å². The van der Waals surface area contributed by atoms with Gasteiger partial charge in [-0.2, -0.15) is 0 Å². The number of fused-ring (bicyclic) bond motifs is 1. The first-order valence-corrected chi connectivity index (χ1v) is 6.85. The Hall–Kier alpha value is -1.13. The van der Waals surface area contributed by atoms with E-state index in [1.165, 1.54) is 16.7 Å². The molecule has 1 saturated heterocycles. The first kappa shape index (κ1) is 11.0. The molecule has 1 N–H and O–H groups in total. The van der Waals surface area contributed by atoms with E-state index in [0.29, 0.717) is 6.04 Å². The molecule has 1 aliphatic heterocycles. The number of hydrogen-bond acceptors (Lipinski definition) is 4. The number of para-hydroxylation sites is 1. The van der Waals surface area contributed by atoms with Crippen LogP contribution in [0, 0.1) is 6.92 Å². The Morgan fingerprint density at radius 3 is 3.18 bits per heavy atom. The largest absolute Gasteiger partial charge is 0.379 e. The van der Waals surface area contributed by atoms with Gasteiger partial charge in [-0.15, -0.1) is 0 Å². The van der Waals surface area contributed by atoms with Crippen molar-refractivity contribution in [2.75, 3.05) is 18.5 Å². The molecule has 0 spiro atoms. The van der Waals surface area contributed by atoms with Crippen LogP contribution in [0.15, 0.2) is 18.2 Å². The van der Waals surface area contributed by atoms with E-state index in [1.807, 2.05) is 0 Å². The number of aromatic nitrogens is 1. The fourth-order valence-electron chi connectivity index (χ4n) is 2.18. The zero-order valence-electron chi connectivity index (χ0n) is 9.90. The van der Waals surface area contributed by atoms with E-state index in [9.17, 15) is 0 Å². The molecule has 2 heterocycles. The predicted octanol–water partition coefficient (Wildman–Crippen LogP) is 3.20. The van der Waals surface area contributed by atoms with Gasteiger partial charge in [0.25, 0.3) is 0 Å². The van der Waals surface area contributed by atoms with Gasteiger partial charge >= 0.3 is 0 Å². The summed E-state index contributed by atoms with van der Waals surface area (Å²) in [5.74, 6) is 0. The molecule has 0 amide bonds. The number of hydrogen-bond donors (Lipinski definition) is 1. The van der Waals surface area contributed by atoms with E-state index in [4.69, 9.17) is 4.74 Å². The summed E-state index contributed by atoms with van der Waals surface area (Å²) in [6, 6.07) is 6.74. The minimum atomic E-state index is 0.421. The van der Waals surface area contributed by atoms with Crippen molar-refractivity contribution >= 4 is 26.7 Å². The van der Waals surface area contributed by atoms with E-state index < -0.39 is 0 Å². The van der Waals surface area contributed by atoms with E-state index in [2.05, 4.69) is 35.4 Å². The molecule has 1 unspecified atom stereocenters. The topological polar surface area (TPSA) is 34.1 Å². The third-order valence-corrected chi connectivity index (χ3v) is 4.06. The summed E-state index contributed by atoms with van der Waals surface area (Å²) in [5, 5.41) is 4.50. The summed E-state index contributed by atoms with van der Waals surface area (Å²) >= 11 is 1.73. The molecule has 0 bridgehead atoms. The Kier molecular flexibility index (Phi) is 2.99. The number of benzene rings is 1. The SMILES string of the molecule is Cc1cccc2sc(NC3CCCOC3)nc12. The molecule has 17 heavy (non-hydrogen) atoms. The van der Waals surface area contributed by atoms with Crippen molar-refractivity contribution in [1.29, 1.82) is 0 Å². The number of nitrogens with zero attached hydrogens (tertiary/aromatic N) is 1. The summed E-state index contributed by atoms with van der Waals surface area (Å²) < 4.78 is 6.72. The Labute approximate surface area is 105 Å². The van der Waals surface area contributed by atoms with Crippen molar-refractivity contribution in [2.24, 2.45) is 0 Å². The van der Waals surface area contributed by atoms with Crippen LogP contribution in [0.3, 0.4) is 0 Å². The zero-order chi connectivity index (χ0) is 11.7. The van der Waals surface area contributed by atoms with Gasteiger partial charge in [-0.05, 0) is 31.4 Å². The highest BCUT2D eigenvalue weighted by Gasteiger charge is 2.15. The maximum absolute atomic E-state index is 5.47. The quantitative estimate of drug-likeness (QED) is 0.886. The van der Waals surface area contributed by atoms with Crippen LogP contribution in [0.1, 0.15) is 18.4 Å². The minimum absolute atomic E-state index is 0.421. The number of anilines is 1. The zero-order valence-corrected chi connectivity index (χ0v) is 10.7. The van der Waals surface area contributed by atoms with E-state index in [0.717, 1.165) is 30.3 Å². The molecule has 1 fully saturated rings. The highest BCUT2D eigenvalue weighted by Crippen LogP contribution is 2.28. The van der Waals surface area contributed by atoms with Crippen molar-refractivity contribution in [3.63, 3.8) is 0 Å². The summed E-state index contributed by atoms with van der Waals surface area (Å²) in [7, 11) is 0. The third kappa shape index (κ3) is 2.28. The lowest BCUT2D eigenvalue weighted by Gasteiger charge is -2.22. The van der Waals surface area contributed by atoms with Gasteiger partial charge in [-0.25, -0.2) is 4.98 Å². The average molecular weight is 248 g/mol. The van der Waals surface area contributed by atoms with Crippen LogP contribution in [-0.4, -0.2) is 24.2 Å². The van der Waals surface area contributed by atoms with Crippen molar-refractivity contribution in [3.8, 4) is 0 Å². The molecule has 3 rings (SSSR count). The van der Waals surface area contributed by atoms with Crippen LogP contribution in [-0.2, 0) is 4.74 Å². The Balaban J connectivity index is 1.83. The van der Waals surface area contributed by atoms with Crippen molar-refractivity contribution in [2.45, 2.75) is 25.8 Å². The monoisotopic (exact) mass is 248 g/mol. The second-order valence-electron chi connectivity index (χ2n) is 4.50. The molecule has 3 nitrogen and oxygen atoms in total. The first-order chi connectivity index (χ1) is 8.33. The van der Waals surface area contributed by atoms with Gasteiger partial charge in [0.15, 0.2) is 5.13 Å². The molecule has 0 saturated carbocycles. The lowest BCUT2D eigenvalue weighted by molar-refractivity contribution is 0.0876. The van der Waals surface area contributed by atoms with Gasteiger partial charge in [0, 0.05) is 6.61 Å². The van der Waals surface area contributed by atoms with Crippen LogP contribution < -0.4 is 5.32 Å². The van der Waals surface area contributed by atoms with Crippen LogP contribution in [0.5, 0.6) is 0 Å². The van der Waals surface area contributed by atoms with Gasteiger partial charge in [0.1, 0.15) is 0 Å². The normalized spacial score (nSPS) is 20.6. The van der Waals surface area contributed by atoms with E-state index >= 15 is 0 Å². The number of ether oxygens (including phenoxy) is 1. The summed E-state index contributed by atoms with van der Waals surface area (Å²) in [6.45, 7) is 3.81. The Morgan fingerprint density at radius 1 is 1.47 bits per heavy atom. The highest BCUT2D eigenvalue weighted by molar-refractivity contribution is 7.22. The number of rotatable bonds is 2. The van der Waals surface area contributed by atoms with Crippen molar-refractivity contribution < 1.29 is 4.74 Å². The maximum Gasteiger partial charge on any atom is 0.184 e. The molecule has 4 heteroatoms. The van der Waals surface area contributed by atoms with Gasteiger partial charge in [-0.1, -0.05) is 23.5 Å². The van der Waals surface area contributed by atoms with Gasteiger partial charge in [0.05, 0.1) is 22.9 Å². The molecule has 1 atom stereocenters. The molecular weight excluding hydrogens is 232 g/mol. The lowest BCUT2D eigenvalue weighted by Crippen LogP contribution is -2.29. The minimum Gasteiger partial charge on any atom is -0.379 e. The average Bonchev–Trinajstić information content (AvgIpc) is 2.74.